The van der Waals surface area contributed by atoms with E-state index in [1.54, 1.807) is 18.3 Å². The van der Waals surface area contributed by atoms with Crippen LogP contribution in [0.15, 0.2) is 17.5 Å². The van der Waals surface area contributed by atoms with Crippen molar-refractivity contribution in [3.63, 3.8) is 0 Å². The van der Waals surface area contributed by atoms with E-state index in [1.165, 1.54) is 0 Å². The van der Waals surface area contributed by atoms with E-state index in [9.17, 15) is 14.7 Å². The minimum Gasteiger partial charge on any atom is -0.388 e. The van der Waals surface area contributed by atoms with Gasteiger partial charge in [0.25, 0.3) is 0 Å². The maximum Gasteiger partial charge on any atom is 0.226 e. The normalized spacial score (nSPS) is 25.8. The standard InChI is InChI=1S/C22H36N2O3S/c1-7-15(8-2)20(26)24-12-11-22(6,27)19(18(24)16-10-9-13-28-16)23-17(25)14-21(3,4)5/h9-10,13,15,18-19,27H,7-8,11-12,14H2,1-6H3,(H,23,25). The molecule has 3 atom stereocenters. The predicted octanol–water partition coefficient (Wildman–Crippen LogP) is 4.13. The highest BCUT2D eigenvalue weighted by Gasteiger charge is 2.48. The van der Waals surface area contributed by atoms with Crippen molar-refractivity contribution >= 4 is 23.2 Å². The number of nitrogens with zero attached hydrogens (tertiary/aromatic N) is 1. The summed E-state index contributed by atoms with van der Waals surface area (Å²) in [5.74, 6) is 0.00146. The second-order valence-electron chi connectivity index (χ2n) is 9.40. The number of piperidine rings is 1. The second-order valence-corrected chi connectivity index (χ2v) is 10.4. The van der Waals surface area contributed by atoms with Gasteiger partial charge in [0.05, 0.1) is 17.7 Å². The molecule has 1 aliphatic heterocycles. The molecule has 0 bridgehead atoms. The summed E-state index contributed by atoms with van der Waals surface area (Å²) in [7, 11) is 0. The molecule has 0 radical (unpaired) electrons. The first-order valence-corrected chi connectivity index (χ1v) is 11.2. The van der Waals surface area contributed by atoms with E-state index in [-0.39, 0.29) is 29.2 Å². The summed E-state index contributed by atoms with van der Waals surface area (Å²) in [4.78, 5) is 28.9. The Hall–Kier alpha value is -1.40. The summed E-state index contributed by atoms with van der Waals surface area (Å²) in [5.41, 5.74) is -1.22. The molecule has 5 nitrogen and oxygen atoms in total. The van der Waals surface area contributed by atoms with Crippen LogP contribution in [0.4, 0.5) is 0 Å². The molecule has 1 aromatic rings. The lowest BCUT2D eigenvalue weighted by molar-refractivity contribution is -0.150. The van der Waals surface area contributed by atoms with Gasteiger partial charge in [0.1, 0.15) is 0 Å². The summed E-state index contributed by atoms with van der Waals surface area (Å²) in [6.07, 6.45) is 2.40. The number of thiophene rings is 1. The molecule has 1 fully saturated rings. The van der Waals surface area contributed by atoms with Gasteiger partial charge in [-0.1, -0.05) is 40.7 Å². The third-order valence-electron chi connectivity index (χ3n) is 5.64. The van der Waals surface area contributed by atoms with Crippen molar-refractivity contribution in [3.05, 3.63) is 22.4 Å². The van der Waals surface area contributed by atoms with Crippen molar-refractivity contribution < 1.29 is 14.7 Å². The number of hydrogen-bond donors (Lipinski definition) is 2. The van der Waals surface area contributed by atoms with E-state index < -0.39 is 11.6 Å². The Morgan fingerprint density at radius 3 is 2.50 bits per heavy atom. The first kappa shape index (κ1) is 22.9. The molecular formula is C22H36N2O3S. The van der Waals surface area contributed by atoms with Gasteiger partial charge in [-0.05, 0) is 43.0 Å². The van der Waals surface area contributed by atoms with Crippen LogP contribution < -0.4 is 5.32 Å². The van der Waals surface area contributed by atoms with Crippen molar-refractivity contribution in [1.29, 1.82) is 0 Å². The first-order valence-electron chi connectivity index (χ1n) is 10.4. The molecule has 0 saturated carbocycles. The van der Waals surface area contributed by atoms with Crippen LogP contribution in [-0.4, -0.2) is 40.0 Å². The van der Waals surface area contributed by atoms with Crippen molar-refractivity contribution in [1.82, 2.24) is 10.2 Å². The van der Waals surface area contributed by atoms with Crippen LogP contribution in [0.3, 0.4) is 0 Å². The fraction of sp³-hybridized carbons (Fsp3) is 0.727. The van der Waals surface area contributed by atoms with E-state index in [2.05, 4.69) is 5.32 Å². The zero-order chi connectivity index (χ0) is 21.1. The van der Waals surface area contributed by atoms with E-state index in [0.717, 1.165) is 17.7 Å². The minimum atomic E-state index is -1.08. The monoisotopic (exact) mass is 408 g/mol. The Kier molecular flexibility index (Phi) is 7.32. The quantitative estimate of drug-likeness (QED) is 0.743. The fourth-order valence-corrected chi connectivity index (χ4v) is 4.87. The predicted molar refractivity (Wildman–Crippen MR) is 114 cm³/mol. The van der Waals surface area contributed by atoms with Gasteiger partial charge in [-0.3, -0.25) is 9.59 Å². The number of aliphatic hydroxyl groups is 1. The second kappa shape index (κ2) is 8.95. The van der Waals surface area contributed by atoms with Crippen LogP contribution in [0.1, 0.15) is 78.1 Å². The Labute approximate surface area is 173 Å². The number of likely N-dealkylation sites (tertiary alicyclic amines) is 1. The summed E-state index contributed by atoms with van der Waals surface area (Å²) in [6, 6.07) is 3.07. The smallest absolute Gasteiger partial charge is 0.226 e. The van der Waals surface area contributed by atoms with Gasteiger partial charge in [0.15, 0.2) is 0 Å². The van der Waals surface area contributed by atoms with E-state index in [1.807, 2.05) is 57.0 Å². The Morgan fingerprint density at radius 1 is 1.36 bits per heavy atom. The molecule has 6 heteroatoms. The topological polar surface area (TPSA) is 69.6 Å². The zero-order valence-corrected chi connectivity index (χ0v) is 18.9. The lowest BCUT2D eigenvalue weighted by Crippen LogP contribution is -2.63. The van der Waals surface area contributed by atoms with Crippen molar-refractivity contribution in [3.8, 4) is 0 Å². The number of carbonyl (C=O) groups is 2. The Bertz CT molecular complexity index is 660. The molecule has 2 amide bonds. The summed E-state index contributed by atoms with van der Waals surface area (Å²) in [6.45, 7) is 12.4. The Morgan fingerprint density at radius 2 is 2.00 bits per heavy atom. The molecule has 0 spiro atoms. The molecule has 28 heavy (non-hydrogen) atoms. The molecule has 0 aromatic carbocycles. The molecule has 2 N–H and O–H groups in total. The van der Waals surface area contributed by atoms with E-state index in [4.69, 9.17) is 0 Å². The number of amides is 2. The number of rotatable bonds is 6. The van der Waals surface area contributed by atoms with Crippen LogP contribution in [-0.2, 0) is 9.59 Å². The number of carbonyl (C=O) groups excluding carboxylic acids is 2. The van der Waals surface area contributed by atoms with Crippen LogP contribution in [0.25, 0.3) is 0 Å². The van der Waals surface area contributed by atoms with Crippen molar-refractivity contribution in [2.24, 2.45) is 11.3 Å². The fourth-order valence-electron chi connectivity index (χ4n) is 4.00. The van der Waals surface area contributed by atoms with Gasteiger partial charge < -0.3 is 15.3 Å². The molecule has 3 unspecified atom stereocenters. The van der Waals surface area contributed by atoms with Gasteiger partial charge in [-0.25, -0.2) is 0 Å². The Balaban J connectivity index is 2.39. The van der Waals surface area contributed by atoms with E-state index in [0.29, 0.717) is 19.4 Å². The van der Waals surface area contributed by atoms with Crippen LogP contribution in [0, 0.1) is 11.3 Å². The molecule has 1 aliphatic rings. The third kappa shape index (κ3) is 5.35. The average molecular weight is 409 g/mol. The first-order chi connectivity index (χ1) is 13.0. The summed E-state index contributed by atoms with van der Waals surface area (Å²) >= 11 is 1.57. The van der Waals surface area contributed by atoms with Crippen LogP contribution in [0.5, 0.6) is 0 Å². The third-order valence-corrected chi connectivity index (χ3v) is 6.58. The molecular weight excluding hydrogens is 372 g/mol. The highest BCUT2D eigenvalue weighted by molar-refractivity contribution is 7.10. The number of hydrogen-bond acceptors (Lipinski definition) is 4. The molecule has 1 aromatic heterocycles. The lowest BCUT2D eigenvalue weighted by atomic mass is 9.80. The van der Waals surface area contributed by atoms with Crippen molar-refractivity contribution in [2.45, 2.75) is 84.9 Å². The molecule has 2 rings (SSSR count). The van der Waals surface area contributed by atoms with Gasteiger partial charge in [-0.2, -0.15) is 0 Å². The van der Waals surface area contributed by atoms with Crippen molar-refractivity contribution in [2.75, 3.05) is 6.54 Å². The van der Waals surface area contributed by atoms with Crippen LogP contribution in [0.2, 0.25) is 0 Å². The molecule has 0 aliphatic carbocycles. The zero-order valence-electron chi connectivity index (χ0n) is 18.1. The highest BCUT2D eigenvalue weighted by Crippen LogP contribution is 2.40. The lowest BCUT2D eigenvalue weighted by Gasteiger charge is -2.49. The van der Waals surface area contributed by atoms with Crippen LogP contribution >= 0.6 is 11.3 Å². The minimum absolute atomic E-state index is 0.0311. The number of nitrogens with one attached hydrogen (secondary N) is 1. The van der Waals surface area contributed by atoms with Gasteiger partial charge in [0.2, 0.25) is 11.8 Å². The van der Waals surface area contributed by atoms with Gasteiger partial charge in [0, 0.05) is 23.8 Å². The maximum absolute atomic E-state index is 13.3. The molecule has 2 heterocycles. The SMILES string of the molecule is CCC(CC)C(=O)N1CCC(C)(O)C(NC(=O)CC(C)(C)C)C1c1cccs1. The largest absolute Gasteiger partial charge is 0.388 e. The van der Waals surface area contributed by atoms with Gasteiger partial charge >= 0.3 is 0 Å². The maximum atomic E-state index is 13.3. The highest BCUT2D eigenvalue weighted by atomic mass is 32.1. The van der Waals surface area contributed by atoms with Gasteiger partial charge in [-0.15, -0.1) is 11.3 Å². The summed E-state index contributed by atoms with van der Waals surface area (Å²) in [5, 5.41) is 16.2. The summed E-state index contributed by atoms with van der Waals surface area (Å²) < 4.78 is 0. The van der Waals surface area contributed by atoms with E-state index >= 15 is 0 Å². The average Bonchev–Trinajstić information content (AvgIpc) is 3.09. The molecule has 1 saturated heterocycles. The molecule has 158 valence electrons.